The molecule has 0 amide bonds. The molecule has 0 bridgehead atoms. The number of hydrogen-bond acceptors (Lipinski definition) is 4. The van der Waals surface area contributed by atoms with Gasteiger partial charge in [0.05, 0.1) is 5.39 Å². The summed E-state index contributed by atoms with van der Waals surface area (Å²) in [5.41, 5.74) is 0. The summed E-state index contributed by atoms with van der Waals surface area (Å²) < 4.78 is 0. The second-order valence-electron chi connectivity index (χ2n) is 5.24. The fourth-order valence-corrected chi connectivity index (χ4v) is 3.95. The highest BCUT2D eigenvalue weighted by Gasteiger charge is 2.23. The Morgan fingerprint density at radius 3 is 3.05 bits per heavy atom. The summed E-state index contributed by atoms with van der Waals surface area (Å²) in [5.74, 6) is 1.50. The van der Waals surface area contributed by atoms with Gasteiger partial charge in [0.15, 0.2) is 0 Å². The number of nitrogens with one attached hydrogen (secondary N) is 1. The molecule has 2 heterocycles. The fraction of sp³-hybridized carbons (Fsp3) is 0.571. The van der Waals surface area contributed by atoms with Crippen LogP contribution in [0.15, 0.2) is 12.4 Å². The minimum atomic E-state index is 0.308. The van der Waals surface area contributed by atoms with Crippen molar-refractivity contribution in [2.24, 2.45) is 5.92 Å². The maximum absolute atomic E-state index is 6.40. The number of rotatable bonds is 3. The Bertz CT molecular complexity index is 569. The van der Waals surface area contributed by atoms with Crippen LogP contribution in [0.1, 0.15) is 30.6 Å². The van der Waals surface area contributed by atoms with Gasteiger partial charge in [-0.15, -0.1) is 22.9 Å². The molecule has 0 aliphatic heterocycles. The molecule has 3 nitrogen and oxygen atoms in total. The lowest BCUT2D eigenvalue weighted by molar-refractivity contribution is 0.380. The van der Waals surface area contributed by atoms with Crippen LogP contribution in [-0.4, -0.2) is 21.9 Å². The number of nitrogens with zero attached hydrogens (tertiary/aromatic N) is 2. The Morgan fingerprint density at radius 2 is 2.21 bits per heavy atom. The van der Waals surface area contributed by atoms with Gasteiger partial charge in [0.1, 0.15) is 17.0 Å². The molecule has 0 saturated heterocycles. The Labute approximate surface area is 122 Å². The summed E-state index contributed by atoms with van der Waals surface area (Å²) >= 11 is 8.11. The van der Waals surface area contributed by atoms with Crippen molar-refractivity contribution in [1.29, 1.82) is 0 Å². The zero-order valence-electron chi connectivity index (χ0n) is 11.0. The van der Waals surface area contributed by atoms with Gasteiger partial charge in [-0.25, -0.2) is 9.97 Å². The SMILES string of the molecule is Cc1cc2c(NCC3CCCCC3Cl)ncnc2s1. The first-order valence-corrected chi connectivity index (χ1v) is 8.08. The summed E-state index contributed by atoms with van der Waals surface area (Å²) in [6.07, 6.45) is 6.57. The van der Waals surface area contributed by atoms with Crippen LogP contribution >= 0.6 is 22.9 Å². The van der Waals surface area contributed by atoms with Gasteiger partial charge in [0, 0.05) is 16.8 Å². The average molecular weight is 296 g/mol. The van der Waals surface area contributed by atoms with Crippen LogP contribution in [0.3, 0.4) is 0 Å². The maximum Gasteiger partial charge on any atom is 0.138 e. The minimum absolute atomic E-state index is 0.308. The summed E-state index contributed by atoms with van der Waals surface area (Å²) in [4.78, 5) is 11.0. The van der Waals surface area contributed by atoms with Gasteiger partial charge in [-0.2, -0.15) is 0 Å². The molecule has 19 heavy (non-hydrogen) atoms. The third-order valence-corrected chi connectivity index (χ3v) is 5.33. The second-order valence-corrected chi connectivity index (χ2v) is 7.03. The number of fused-ring (bicyclic) bond motifs is 1. The van der Waals surface area contributed by atoms with E-state index in [4.69, 9.17) is 11.6 Å². The third-order valence-electron chi connectivity index (χ3n) is 3.80. The standard InChI is InChI=1S/C14H18ClN3S/c1-9-6-11-13(17-8-18-14(11)19-9)16-7-10-4-2-3-5-12(10)15/h6,8,10,12H,2-5,7H2,1H3,(H,16,17,18). The van der Waals surface area contributed by atoms with Gasteiger partial charge < -0.3 is 5.32 Å². The van der Waals surface area contributed by atoms with Crippen LogP contribution in [0.2, 0.25) is 0 Å². The molecular formula is C14H18ClN3S. The molecule has 1 N–H and O–H groups in total. The highest BCUT2D eigenvalue weighted by molar-refractivity contribution is 7.18. The van der Waals surface area contributed by atoms with Crippen LogP contribution in [0.4, 0.5) is 5.82 Å². The molecule has 0 radical (unpaired) electrons. The molecule has 3 rings (SSSR count). The highest BCUT2D eigenvalue weighted by Crippen LogP contribution is 2.31. The van der Waals surface area contributed by atoms with E-state index in [1.54, 1.807) is 17.7 Å². The molecule has 0 spiro atoms. The predicted octanol–water partition coefficient (Wildman–Crippen LogP) is 4.21. The lowest BCUT2D eigenvalue weighted by Crippen LogP contribution is -2.27. The lowest BCUT2D eigenvalue weighted by Gasteiger charge is -2.27. The molecule has 2 unspecified atom stereocenters. The molecule has 102 valence electrons. The Hall–Kier alpha value is -0.870. The van der Waals surface area contributed by atoms with Crippen molar-refractivity contribution in [3.63, 3.8) is 0 Å². The topological polar surface area (TPSA) is 37.8 Å². The zero-order chi connectivity index (χ0) is 13.2. The number of halogens is 1. The van der Waals surface area contributed by atoms with Crippen LogP contribution in [0.5, 0.6) is 0 Å². The average Bonchev–Trinajstić information content (AvgIpc) is 2.78. The van der Waals surface area contributed by atoms with E-state index in [1.165, 1.54) is 24.1 Å². The van der Waals surface area contributed by atoms with Crippen LogP contribution in [-0.2, 0) is 0 Å². The smallest absolute Gasteiger partial charge is 0.138 e. The maximum atomic E-state index is 6.40. The van der Waals surface area contributed by atoms with Crippen molar-refractivity contribution in [3.05, 3.63) is 17.3 Å². The lowest BCUT2D eigenvalue weighted by atomic mass is 9.89. The van der Waals surface area contributed by atoms with Crippen molar-refractivity contribution >= 4 is 39.0 Å². The number of aromatic nitrogens is 2. The number of hydrogen-bond donors (Lipinski definition) is 1. The summed E-state index contributed by atoms with van der Waals surface area (Å²) in [6.45, 7) is 3.02. The molecule has 2 aromatic rings. The molecule has 2 atom stereocenters. The molecule has 2 aromatic heterocycles. The number of anilines is 1. The van der Waals surface area contributed by atoms with Crippen molar-refractivity contribution in [1.82, 2.24) is 9.97 Å². The first-order chi connectivity index (χ1) is 9.24. The molecule has 1 saturated carbocycles. The molecule has 1 aliphatic rings. The van der Waals surface area contributed by atoms with Gasteiger partial charge in [-0.05, 0) is 31.7 Å². The quantitative estimate of drug-likeness (QED) is 0.862. The highest BCUT2D eigenvalue weighted by atomic mass is 35.5. The fourth-order valence-electron chi connectivity index (χ4n) is 2.74. The van der Waals surface area contributed by atoms with Crippen LogP contribution in [0, 0.1) is 12.8 Å². The van der Waals surface area contributed by atoms with Crippen LogP contribution < -0.4 is 5.32 Å². The molecular weight excluding hydrogens is 278 g/mol. The van der Waals surface area contributed by atoms with E-state index in [-0.39, 0.29) is 0 Å². The Kier molecular flexibility index (Phi) is 3.89. The van der Waals surface area contributed by atoms with Gasteiger partial charge in [-0.3, -0.25) is 0 Å². The number of thiophene rings is 1. The Balaban J connectivity index is 1.74. The van der Waals surface area contributed by atoms with Gasteiger partial charge in [-0.1, -0.05) is 12.8 Å². The van der Waals surface area contributed by atoms with Crippen LogP contribution in [0.25, 0.3) is 10.2 Å². The van der Waals surface area contributed by atoms with Crippen molar-refractivity contribution in [2.75, 3.05) is 11.9 Å². The monoisotopic (exact) mass is 295 g/mol. The predicted molar refractivity (Wildman–Crippen MR) is 82.2 cm³/mol. The van der Waals surface area contributed by atoms with E-state index >= 15 is 0 Å². The molecule has 1 fully saturated rings. The van der Waals surface area contributed by atoms with Gasteiger partial charge in [0.25, 0.3) is 0 Å². The van der Waals surface area contributed by atoms with Gasteiger partial charge >= 0.3 is 0 Å². The molecule has 0 aromatic carbocycles. The zero-order valence-corrected chi connectivity index (χ0v) is 12.6. The van der Waals surface area contributed by atoms with Crippen molar-refractivity contribution < 1.29 is 0 Å². The summed E-state index contributed by atoms with van der Waals surface area (Å²) in [7, 11) is 0. The van der Waals surface area contributed by atoms with Crippen molar-refractivity contribution in [3.8, 4) is 0 Å². The largest absolute Gasteiger partial charge is 0.369 e. The minimum Gasteiger partial charge on any atom is -0.369 e. The first kappa shape index (κ1) is 13.1. The summed E-state index contributed by atoms with van der Waals surface area (Å²) in [5, 5.41) is 4.91. The summed E-state index contributed by atoms with van der Waals surface area (Å²) in [6, 6.07) is 2.15. The Morgan fingerprint density at radius 1 is 1.37 bits per heavy atom. The molecule has 5 heteroatoms. The van der Waals surface area contributed by atoms with E-state index in [9.17, 15) is 0 Å². The van der Waals surface area contributed by atoms with E-state index in [0.717, 1.165) is 29.0 Å². The van der Waals surface area contributed by atoms with E-state index in [0.29, 0.717) is 11.3 Å². The third kappa shape index (κ3) is 2.84. The van der Waals surface area contributed by atoms with E-state index in [2.05, 4.69) is 28.3 Å². The van der Waals surface area contributed by atoms with E-state index < -0.39 is 0 Å². The van der Waals surface area contributed by atoms with Gasteiger partial charge in [0.2, 0.25) is 0 Å². The van der Waals surface area contributed by atoms with E-state index in [1.807, 2.05) is 0 Å². The number of aryl methyl sites for hydroxylation is 1. The van der Waals surface area contributed by atoms with Crippen molar-refractivity contribution in [2.45, 2.75) is 38.0 Å². The first-order valence-electron chi connectivity index (χ1n) is 6.83. The number of alkyl halides is 1. The second kappa shape index (κ2) is 5.63. The molecule has 1 aliphatic carbocycles. The normalized spacial score (nSPS) is 23.7.